The summed E-state index contributed by atoms with van der Waals surface area (Å²) in [5.41, 5.74) is 0.765. The maximum Gasteiger partial charge on any atom is 0.156 e. The first-order chi connectivity index (χ1) is 8.08. The van der Waals surface area contributed by atoms with Crippen LogP contribution in [0.4, 0.5) is 5.69 Å². The van der Waals surface area contributed by atoms with Gasteiger partial charge < -0.3 is 25.4 Å². The highest BCUT2D eigenvalue weighted by atomic mass is 79.9. The monoisotopic (exact) mass is 303 g/mol. The molecule has 1 aliphatic heterocycles. The van der Waals surface area contributed by atoms with Crippen molar-refractivity contribution in [2.24, 2.45) is 0 Å². The Hall–Kier alpha value is -0.660. The van der Waals surface area contributed by atoms with Gasteiger partial charge in [0.15, 0.2) is 6.23 Å². The molecule has 1 heterocycles. The number of nitrogens with one attached hydrogen (secondary N) is 1. The zero-order valence-electron chi connectivity index (χ0n) is 8.95. The van der Waals surface area contributed by atoms with Gasteiger partial charge in [0, 0.05) is 10.2 Å². The summed E-state index contributed by atoms with van der Waals surface area (Å²) in [7, 11) is 0. The smallest absolute Gasteiger partial charge is 0.156 e. The summed E-state index contributed by atoms with van der Waals surface area (Å²) in [6, 6.07) is 7.33. The van der Waals surface area contributed by atoms with Crippen LogP contribution in [0.1, 0.15) is 0 Å². The third-order valence-electron chi connectivity index (χ3n) is 2.65. The molecule has 1 aliphatic rings. The molecule has 0 spiro atoms. The second-order valence-electron chi connectivity index (χ2n) is 3.95. The minimum absolute atomic E-state index is 0.00752. The largest absolute Gasteiger partial charge is 0.388 e. The van der Waals surface area contributed by atoms with Crippen molar-refractivity contribution >= 4 is 21.6 Å². The van der Waals surface area contributed by atoms with Crippen LogP contribution in [-0.2, 0) is 4.74 Å². The number of aliphatic hydroxyl groups excluding tert-OH is 3. The predicted octanol–water partition coefficient (Wildman–Crippen LogP) is 0.300. The van der Waals surface area contributed by atoms with Gasteiger partial charge in [-0.2, -0.15) is 0 Å². The zero-order chi connectivity index (χ0) is 12.4. The maximum atomic E-state index is 9.72. The van der Waals surface area contributed by atoms with E-state index in [1.54, 1.807) is 0 Å². The van der Waals surface area contributed by atoms with Gasteiger partial charge in [0.05, 0.1) is 6.61 Å². The topological polar surface area (TPSA) is 82.0 Å². The molecule has 94 valence electrons. The molecule has 0 saturated carbocycles. The molecule has 0 radical (unpaired) electrons. The van der Waals surface area contributed by atoms with Gasteiger partial charge in [0.2, 0.25) is 0 Å². The van der Waals surface area contributed by atoms with E-state index in [9.17, 15) is 15.3 Å². The summed E-state index contributed by atoms with van der Waals surface area (Å²) in [5, 5.41) is 31.5. The molecule has 4 N–H and O–H groups in total. The van der Waals surface area contributed by atoms with E-state index < -0.39 is 24.5 Å². The lowest BCUT2D eigenvalue weighted by Crippen LogP contribution is -2.55. The normalized spacial score (nSPS) is 33.4. The first-order valence-corrected chi connectivity index (χ1v) is 6.05. The van der Waals surface area contributed by atoms with Crippen LogP contribution in [0.3, 0.4) is 0 Å². The molecule has 17 heavy (non-hydrogen) atoms. The lowest BCUT2D eigenvalue weighted by Gasteiger charge is -2.35. The van der Waals surface area contributed by atoms with Gasteiger partial charge >= 0.3 is 0 Å². The molecule has 0 amide bonds. The van der Waals surface area contributed by atoms with Crippen molar-refractivity contribution in [3.63, 3.8) is 0 Å². The number of aliphatic hydroxyl groups is 3. The van der Waals surface area contributed by atoms with Gasteiger partial charge in [0.1, 0.15) is 18.3 Å². The summed E-state index contributed by atoms with van der Waals surface area (Å²) in [6.07, 6.45) is -4.14. The van der Waals surface area contributed by atoms with Crippen molar-refractivity contribution in [3.05, 3.63) is 28.7 Å². The second-order valence-corrected chi connectivity index (χ2v) is 4.87. The van der Waals surface area contributed by atoms with E-state index in [1.807, 2.05) is 24.3 Å². The van der Waals surface area contributed by atoms with Gasteiger partial charge in [-0.1, -0.05) is 15.9 Å². The van der Waals surface area contributed by atoms with Gasteiger partial charge in [-0.25, -0.2) is 0 Å². The van der Waals surface area contributed by atoms with Crippen LogP contribution in [0.25, 0.3) is 0 Å². The number of hydrogen-bond donors (Lipinski definition) is 4. The SMILES string of the molecule is O[C@H]1[C@H](O)[C@@H](Nc2ccc(Br)cc2)OC[C@@H]1O. The summed E-state index contributed by atoms with van der Waals surface area (Å²) in [6.45, 7) is -0.00752. The summed E-state index contributed by atoms with van der Waals surface area (Å²) >= 11 is 3.32. The molecule has 2 rings (SSSR count). The van der Waals surface area contributed by atoms with E-state index in [4.69, 9.17) is 4.74 Å². The maximum absolute atomic E-state index is 9.72. The molecule has 1 aromatic carbocycles. The Morgan fingerprint density at radius 3 is 2.41 bits per heavy atom. The van der Waals surface area contributed by atoms with Crippen LogP contribution in [0.15, 0.2) is 28.7 Å². The third-order valence-corrected chi connectivity index (χ3v) is 3.18. The Morgan fingerprint density at radius 1 is 1.12 bits per heavy atom. The van der Waals surface area contributed by atoms with E-state index in [1.165, 1.54) is 0 Å². The van der Waals surface area contributed by atoms with E-state index in [0.29, 0.717) is 0 Å². The second kappa shape index (κ2) is 5.32. The van der Waals surface area contributed by atoms with Crippen LogP contribution in [0, 0.1) is 0 Å². The van der Waals surface area contributed by atoms with E-state index in [0.717, 1.165) is 10.2 Å². The minimum atomic E-state index is -1.20. The zero-order valence-corrected chi connectivity index (χ0v) is 10.5. The van der Waals surface area contributed by atoms with Crippen LogP contribution in [0.5, 0.6) is 0 Å². The molecule has 1 fully saturated rings. The van der Waals surface area contributed by atoms with E-state index in [-0.39, 0.29) is 6.61 Å². The Labute approximate surface area is 107 Å². The average Bonchev–Trinajstić information content (AvgIpc) is 2.33. The molecule has 0 aliphatic carbocycles. The number of rotatable bonds is 2. The minimum Gasteiger partial charge on any atom is -0.388 e. The molecule has 4 atom stereocenters. The predicted molar refractivity (Wildman–Crippen MR) is 65.5 cm³/mol. The first-order valence-electron chi connectivity index (χ1n) is 5.26. The Bertz CT molecular complexity index is 372. The Kier molecular flexibility index (Phi) is 4.01. The molecule has 1 aromatic rings. The van der Waals surface area contributed by atoms with Gasteiger partial charge in [-0.05, 0) is 24.3 Å². The van der Waals surface area contributed by atoms with Crippen LogP contribution in [-0.4, -0.2) is 46.5 Å². The van der Waals surface area contributed by atoms with Crippen molar-refractivity contribution in [2.75, 3.05) is 11.9 Å². The fraction of sp³-hybridized carbons (Fsp3) is 0.455. The summed E-state index contributed by atoms with van der Waals surface area (Å²) < 4.78 is 6.17. The highest BCUT2D eigenvalue weighted by molar-refractivity contribution is 9.10. The number of anilines is 1. The number of halogens is 1. The van der Waals surface area contributed by atoms with Gasteiger partial charge in [-0.3, -0.25) is 0 Å². The average molecular weight is 304 g/mol. The Morgan fingerprint density at radius 2 is 1.76 bits per heavy atom. The van der Waals surface area contributed by atoms with Crippen LogP contribution in [0.2, 0.25) is 0 Å². The fourth-order valence-corrected chi connectivity index (χ4v) is 1.91. The van der Waals surface area contributed by atoms with Crippen LogP contribution >= 0.6 is 15.9 Å². The van der Waals surface area contributed by atoms with Crippen molar-refractivity contribution < 1.29 is 20.1 Å². The van der Waals surface area contributed by atoms with Gasteiger partial charge in [-0.15, -0.1) is 0 Å². The lowest BCUT2D eigenvalue weighted by molar-refractivity contribution is -0.178. The molecule has 1 saturated heterocycles. The number of hydrogen-bond acceptors (Lipinski definition) is 5. The summed E-state index contributed by atoms with van der Waals surface area (Å²) in [4.78, 5) is 0. The molecule has 0 bridgehead atoms. The quantitative estimate of drug-likeness (QED) is 0.632. The van der Waals surface area contributed by atoms with E-state index in [2.05, 4.69) is 21.2 Å². The molecular formula is C11H14BrNO4. The van der Waals surface area contributed by atoms with Crippen molar-refractivity contribution in [2.45, 2.75) is 24.5 Å². The van der Waals surface area contributed by atoms with Crippen molar-refractivity contribution in [1.82, 2.24) is 0 Å². The summed E-state index contributed by atoms with van der Waals surface area (Å²) in [5.74, 6) is 0. The van der Waals surface area contributed by atoms with Crippen molar-refractivity contribution in [1.29, 1.82) is 0 Å². The number of benzene rings is 1. The molecule has 0 aromatic heterocycles. The van der Waals surface area contributed by atoms with Crippen LogP contribution < -0.4 is 5.32 Å². The van der Waals surface area contributed by atoms with Crippen molar-refractivity contribution in [3.8, 4) is 0 Å². The van der Waals surface area contributed by atoms with Gasteiger partial charge in [0.25, 0.3) is 0 Å². The molecule has 0 unspecified atom stereocenters. The fourth-order valence-electron chi connectivity index (χ4n) is 1.64. The highest BCUT2D eigenvalue weighted by Crippen LogP contribution is 2.20. The molecule has 6 heteroatoms. The molecule has 5 nitrogen and oxygen atoms in total. The first kappa shape index (κ1) is 12.8. The lowest BCUT2D eigenvalue weighted by atomic mass is 10.0. The third kappa shape index (κ3) is 2.97. The standard InChI is InChI=1S/C11H14BrNO4/c12-6-1-3-7(4-2-6)13-11-10(16)9(15)8(14)5-17-11/h1-4,8-11,13-16H,5H2/t8-,9+,10-,11-/m0/s1. The Balaban J connectivity index is 2.01. The highest BCUT2D eigenvalue weighted by Gasteiger charge is 2.37. The van der Waals surface area contributed by atoms with E-state index >= 15 is 0 Å². The number of ether oxygens (including phenoxy) is 1. The molecular weight excluding hydrogens is 290 g/mol.